The second kappa shape index (κ2) is 2.73. The van der Waals surface area contributed by atoms with Gasteiger partial charge in [-0.15, -0.1) is 0 Å². The van der Waals surface area contributed by atoms with Crippen molar-refractivity contribution in [2.24, 2.45) is 16.7 Å². The Morgan fingerprint density at radius 1 is 1.29 bits per heavy atom. The van der Waals surface area contributed by atoms with E-state index in [9.17, 15) is 5.11 Å². The summed E-state index contributed by atoms with van der Waals surface area (Å²) in [6.45, 7) is 6.53. The van der Waals surface area contributed by atoms with E-state index in [1.165, 1.54) is 6.42 Å². The van der Waals surface area contributed by atoms with Crippen molar-refractivity contribution in [1.29, 1.82) is 0 Å². The predicted molar refractivity (Wildman–Crippen MR) is 55.9 cm³/mol. The summed E-state index contributed by atoms with van der Waals surface area (Å²) in [6.07, 6.45) is 4.19. The SMILES string of the molecule is CC1(C)[C@@H]2CC[C@@](CCO)(C2)[C@@]1(C)O. The van der Waals surface area contributed by atoms with Crippen molar-refractivity contribution in [3.05, 3.63) is 0 Å². The third-order valence-corrected chi connectivity index (χ3v) is 5.51. The average molecular weight is 198 g/mol. The van der Waals surface area contributed by atoms with Crippen LogP contribution in [0, 0.1) is 16.7 Å². The minimum atomic E-state index is -0.606. The minimum absolute atomic E-state index is 0.00405. The van der Waals surface area contributed by atoms with Gasteiger partial charge in [0.05, 0.1) is 5.60 Å². The fraction of sp³-hybridized carbons (Fsp3) is 1.00. The van der Waals surface area contributed by atoms with Crippen LogP contribution >= 0.6 is 0 Å². The molecule has 2 fully saturated rings. The van der Waals surface area contributed by atoms with E-state index in [0.29, 0.717) is 5.92 Å². The van der Waals surface area contributed by atoms with E-state index >= 15 is 0 Å². The van der Waals surface area contributed by atoms with Crippen molar-refractivity contribution in [2.45, 2.75) is 52.1 Å². The van der Waals surface area contributed by atoms with Gasteiger partial charge in [0.15, 0.2) is 0 Å². The van der Waals surface area contributed by atoms with Crippen LogP contribution in [0.5, 0.6) is 0 Å². The van der Waals surface area contributed by atoms with Gasteiger partial charge in [-0.25, -0.2) is 0 Å². The van der Waals surface area contributed by atoms with Gasteiger partial charge in [0.1, 0.15) is 0 Å². The first-order valence-corrected chi connectivity index (χ1v) is 5.71. The highest BCUT2D eigenvalue weighted by atomic mass is 16.3. The molecule has 2 saturated carbocycles. The summed E-state index contributed by atoms with van der Waals surface area (Å²) in [7, 11) is 0. The monoisotopic (exact) mass is 198 g/mol. The first kappa shape index (κ1) is 10.4. The van der Waals surface area contributed by atoms with E-state index in [2.05, 4.69) is 13.8 Å². The third kappa shape index (κ3) is 0.938. The van der Waals surface area contributed by atoms with Crippen molar-refractivity contribution >= 4 is 0 Å². The van der Waals surface area contributed by atoms with Crippen LogP contribution in [0.25, 0.3) is 0 Å². The Kier molecular flexibility index (Phi) is 2.04. The normalized spacial score (nSPS) is 49.9. The van der Waals surface area contributed by atoms with Crippen molar-refractivity contribution < 1.29 is 10.2 Å². The molecule has 0 spiro atoms. The molecule has 2 bridgehead atoms. The molecule has 0 aromatic rings. The third-order valence-electron chi connectivity index (χ3n) is 5.51. The highest BCUT2D eigenvalue weighted by Crippen LogP contribution is 2.69. The fourth-order valence-electron chi connectivity index (χ4n) is 3.95. The topological polar surface area (TPSA) is 40.5 Å². The van der Waals surface area contributed by atoms with E-state index in [1.807, 2.05) is 6.92 Å². The molecule has 2 N–H and O–H groups in total. The van der Waals surface area contributed by atoms with Crippen LogP contribution in [-0.2, 0) is 0 Å². The van der Waals surface area contributed by atoms with E-state index in [0.717, 1.165) is 19.3 Å². The molecule has 2 aliphatic rings. The van der Waals surface area contributed by atoms with Crippen LogP contribution in [0.3, 0.4) is 0 Å². The number of rotatable bonds is 2. The summed E-state index contributed by atoms with van der Waals surface area (Å²) in [6, 6.07) is 0. The number of aliphatic hydroxyl groups excluding tert-OH is 1. The standard InChI is InChI=1S/C12H22O2/c1-10(2)9-4-5-12(8-9,6-7-13)11(10,3)14/h9,13-14H,4-8H2,1-3H3/t9-,11+,12-/m1/s1. The second-order valence-electron chi connectivity index (χ2n) is 5.99. The summed E-state index contributed by atoms with van der Waals surface area (Å²) >= 11 is 0. The summed E-state index contributed by atoms with van der Waals surface area (Å²) in [4.78, 5) is 0. The van der Waals surface area contributed by atoms with Gasteiger partial charge in [-0.05, 0) is 43.9 Å². The van der Waals surface area contributed by atoms with Gasteiger partial charge in [0.2, 0.25) is 0 Å². The average Bonchev–Trinajstić information content (AvgIpc) is 2.54. The molecule has 0 unspecified atom stereocenters. The minimum Gasteiger partial charge on any atom is -0.396 e. The maximum atomic E-state index is 10.7. The molecule has 0 aromatic heterocycles. The lowest BCUT2D eigenvalue weighted by molar-refractivity contribution is -0.140. The van der Waals surface area contributed by atoms with E-state index in [-0.39, 0.29) is 17.4 Å². The predicted octanol–water partition coefficient (Wildman–Crippen LogP) is 1.95. The number of hydrogen-bond acceptors (Lipinski definition) is 2. The number of aliphatic hydroxyl groups is 2. The van der Waals surface area contributed by atoms with Crippen LogP contribution in [0.1, 0.15) is 46.5 Å². The summed E-state index contributed by atoms with van der Waals surface area (Å²) < 4.78 is 0. The van der Waals surface area contributed by atoms with Crippen LogP contribution < -0.4 is 0 Å². The molecule has 0 aliphatic heterocycles. The van der Waals surface area contributed by atoms with Crippen LogP contribution in [0.15, 0.2) is 0 Å². The zero-order valence-corrected chi connectivity index (χ0v) is 9.51. The van der Waals surface area contributed by atoms with Crippen molar-refractivity contribution in [1.82, 2.24) is 0 Å². The number of fused-ring (bicyclic) bond motifs is 2. The smallest absolute Gasteiger partial charge is 0.0729 e. The van der Waals surface area contributed by atoms with E-state index in [1.54, 1.807) is 0 Å². The molecule has 2 rings (SSSR count). The van der Waals surface area contributed by atoms with Gasteiger partial charge >= 0.3 is 0 Å². The molecular weight excluding hydrogens is 176 g/mol. The Balaban J connectivity index is 2.36. The molecule has 0 radical (unpaired) electrons. The molecule has 0 heterocycles. The highest BCUT2D eigenvalue weighted by Gasteiger charge is 2.67. The van der Waals surface area contributed by atoms with Crippen LogP contribution in [0.4, 0.5) is 0 Å². The zero-order valence-electron chi connectivity index (χ0n) is 9.51. The molecule has 0 amide bonds. The quantitative estimate of drug-likeness (QED) is 0.712. The fourth-order valence-corrected chi connectivity index (χ4v) is 3.95. The zero-order chi connectivity index (χ0) is 10.6. The molecule has 14 heavy (non-hydrogen) atoms. The lowest BCUT2D eigenvalue weighted by Crippen LogP contribution is -2.53. The lowest BCUT2D eigenvalue weighted by Gasteiger charge is -2.49. The Hall–Kier alpha value is -0.0800. The van der Waals surface area contributed by atoms with Gasteiger partial charge in [-0.2, -0.15) is 0 Å². The van der Waals surface area contributed by atoms with E-state index < -0.39 is 5.60 Å². The molecule has 82 valence electrons. The first-order chi connectivity index (χ1) is 6.37. The van der Waals surface area contributed by atoms with Crippen LogP contribution in [0.2, 0.25) is 0 Å². The van der Waals surface area contributed by atoms with Crippen molar-refractivity contribution in [3.63, 3.8) is 0 Å². The number of hydrogen-bond donors (Lipinski definition) is 2. The Bertz CT molecular complexity index is 245. The molecule has 2 nitrogen and oxygen atoms in total. The Morgan fingerprint density at radius 3 is 2.36 bits per heavy atom. The molecule has 2 aliphatic carbocycles. The van der Waals surface area contributed by atoms with Crippen LogP contribution in [-0.4, -0.2) is 22.4 Å². The van der Waals surface area contributed by atoms with Crippen molar-refractivity contribution in [3.8, 4) is 0 Å². The Morgan fingerprint density at radius 2 is 1.93 bits per heavy atom. The molecule has 3 atom stereocenters. The Labute approximate surface area is 86.3 Å². The molecule has 2 heteroatoms. The molecule has 0 aromatic carbocycles. The van der Waals surface area contributed by atoms with Gasteiger partial charge in [0.25, 0.3) is 0 Å². The molecule has 0 saturated heterocycles. The summed E-state index contributed by atoms with van der Waals surface area (Å²) in [5.74, 6) is 0.643. The van der Waals surface area contributed by atoms with E-state index in [4.69, 9.17) is 5.11 Å². The van der Waals surface area contributed by atoms with Gasteiger partial charge in [-0.3, -0.25) is 0 Å². The maximum absolute atomic E-state index is 10.7. The first-order valence-electron chi connectivity index (χ1n) is 5.71. The summed E-state index contributed by atoms with van der Waals surface area (Å²) in [5, 5.41) is 19.8. The van der Waals surface area contributed by atoms with Crippen molar-refractivity contribution in [2.75, 3.05) is 6.61 Å². The highest BCUT2D eigenvalue weighted by molar-refractivity contribution is 5.17. The van der Waals surface area contributed by atoms with Gasteiger partial charge in [-0.1, -0.05) is 13.8 Å². The molecular formula is C12H22O2. The lowest BCUT2D eigenvalue weighted by atomic mass is 9.60. The van der Waals surface area contributed by atoms with Gasteiger partial charge < -0.3 is 10.2 Å². The largest absolute Gasteiger partial charge is 0.396 e. The second-order valence-corrected chi connectivity index (χ2v) is 5.99. The van der Waals surface area contributed by atoms with Gasteiger partial charge in [0, 0.05) is 12.0 Å². The maximum Gasteiger partial charge on any atom is 0.0729 e. The summed E-state index contributed by atoms with van der Waals surface area (Å²) in [5.41, 5.74) is -0.595.